The maximum Gasteiger partial charge on any atom is 0.305 e. The molecule has 0 aliphatic rings. The quantitative estimate of drug-likeness (QED) is 0.864. The van der Waals surface area contributed by atoms with Crippen LogP contribution in [0.15, 0.2) is 28.7 Å². The molecule has 1 rings (SSSR count). The molecule has 0 radical (unpaired) electrons. The van der Waals surface area contributed by atoms with Crippen LogP contribution >= 0.6 is 15.9 Å². The number of aryl methyl sites for hydroxylation is 1. The van der Waals surface area contributed by atoms with Crippen molar-refractivity contribution < 1.29 is 15.0 Å². The van der Waals surface area contributed by atoms with Crippen molar-refractivity contribution in [3.63, 3.8) is 0 Å². The molecule has 2 N–H and O–H groups in total. The first-order chi connectivity index (χ1) is 7.08. The summed E-state index contributed by atoms with van der Waals surface area (Å²) >= 11 is 3.33. The normalized spacial score (nSPS) is 12.4. The number of hydrogen-bond donors (Lipinski definition) is 2. The van der Waals surface area contributed by atoms with E-state index in [0.717, 1.165) is 10.0 Å². The van der Waals surface area contributed by atoms with Crippen molar-refractivity contribution in [1.82, 2.24) is 0 Å². The molecule has 15 heavy (non-hydrogen) atoms. The van der Waals surface area contributed by atoms with Gasteiger partial charge in [0.1, 0.15) is 0 Å². The fraction of sp³-hybridized carbons (Fsp3) is 0.364. The molecule has 1 aromatic carbocycles. The number of aliphatic hydroxyl groups is 1. The van der Waals surface area contributed by atoms with Gasteiger partial charge in [-0.1, -0.05) is 28.1 Å². The van der Waals surface area contributed by atoms with Gasteiger partial charge < -0.3 is 10.2 Å². The van der Waals surface area contributed by atoms with E-state index in [2.05, 4.69) is 15.9 Å². The van der Waals surface area contributed by atoms with Gasteiger partial charge in [0.05, 0.1) is 12.5 Å². The van der Waals surface area contributed by atoms with Crippen LogP contribution in [0.4, 0.5) is 0 Å². The standard InChI is InChI=1S/C11H13BrO3/c12-9-4-1-8(2-5-9)3-6-10(13)7-11(14)15/h1-2,4-5,10,13H,3,6-7H2,(H,14,15)/t10-/m1/s1. The summed E-state index contributed by atoms with van der Waals surface area (Å²) in [5, 5.41) is 17.8. The molecule has 0 unspecified atom stereocenters. The van der Waals surface area contributed by atoms with Crippen LogP contribution in [0.5, 0.6) is 0 Å². The number of carboxylic acid groups (broad SMARTS) is 1. The van der Waals surface area contributed by atoms with Crippen LogP contribution in [0.25, 0.3) is 0 Å². The highest BCUT2D eigenvalue weighted by molar-refractivity contribution is 9.10. The first-order valence-electron chi connectivity index (χ1n) is 4.72. The van der Waals surface area contributed by atoms with Gasteiger partial charge in [0, 0.05) is 4.47 Å². The SMILES string of the molecule is O=C(O)C[C@H](O)CCc1ccc(Br)cc1. The number of rotatable bonds is 5. The highest BCUT2D eigenvalue weighted by Gasteiger charge is 2.09. The summed E-state index contributed by atoms with van der Waals surface area (Å²) in [4.78, 5) is 10.3. The number of halogens is 1. The summed E-state index contributed by atoms with van der Waals surface area (Å²) in [5.41, 5.74) is 1.10. The van der Waals surface area contributed by atoms with Gasteiger partial charge in [-0.15, -0.1) is 0 Å². The van der Waals surface area contributed by atoms with Crippen LogP contribution in [-0.4, -0.2) is 22.3 Å². The number of aliphatic carboxylic acids is 1. The van der Waals surface area contributed by atoms with Crippen LogP contribution < -0.4 is 0 Å². The number of carbonyl (C=O) groups is 1. The lowest BCUT2D eigenvalue weighted by Crippen LogP contribution is -2.13. The van der Waals surface area contributed by atoms with Crippen molar-refractivity contribution in [3.05, 3.63) is 34.3 Å². The van der Waals surface area contributed by atoms with Gasteiger partial charge in [0.2, 0.25) is 0 Å². The van der Waals surface area contributed by atoms with Gasteiger partial charge in [0.25, 0.3) is 0 Å². The lowest BCUT2D eigenvalue weighted by molar-refractivity contribution is -0.139. The average Bonchev–Trinajstić information content (AvgIpc) is 2.16. The highest BCUT2D eigenvalue weighted by atomic mass is 79.9. The zero-order chi connectivity index (χ0) is 11.3. The Hall–Kier alpha value is -0.870. The van der Waals surface area contributed by atoms with E-state index in [1.807, 2.05) is 24.3 Å². The third-order valence-electron chi connectivity index (χ3n) is 2.09. The Balaban J connectivity index is 2.36. The second kappa shape index (κ2) is 5.88. The molecular weight excluding hydrogens is 260 g/mol. The zero-order valence-electron chi connectivity index (χ0n) is 8.19. The van der Waals surface area contributed by atoms with Crippen LogP contribution in [0.1, 0.15) is 18.4 Å². The molecule has 3 nitrogen and oxygen atoms in total. The minimum atomic E-state index is -0.960. The van der Waals surface area contributed by atoms with Crippen LogP contribution in [0, 0.1) is 0 Å². The Morgan fingerprint density at radius 1 is 1.33 bits per heavy atom. The fourth-order valence-electron chi connectivity index (χ4n) is 1.29. The molecule has 1 atom stereocenters. The van der Waals surface area contributed by atoms with E-state index in [0.29, 0.717) is 12.8 Å². The Bertz CT molecular complexity index is 321. The topological polar surface area (TPSA) is 57.5 Å². The van der Waals surface area contributed by atoms with Gasteiger partial charge in [-0.3, -0.25) is 4.79 Å². The summed E-state index contributed by atoms with van der Waals surface area (Å²) in [6, 6.07) is 7.77. The lowest BCUT2D eigenvalue weighted by Gasteiger charge is -2.07. The summed E-state index contributed by atoms with van der Waals surface area (Å²) < 4.78 is 1.01. The molecule has 0 aliphatic carbocycles. The van der Waals surface area contributed by atoms with Crippen molar-refractivity contribution in [1.29, 1.82) is 0 Å². The molecule has 0 aliphatic heterocycles. The number of aliphatic hydroxyl groups excluding tert-OH is 1. The molecule has 0 heterocycles. The molecular formula is C11H13BrO3. The third kappa shape index (κ3) is 4.95. The van der Waals surface area contributed by atoms with Crippen molar-refractivity contribution in [3.8, 4) is 0 Å². The van der Waals surface area contributed by atoms with E-state index in [1.165, 1.54) is 0 Å². The third-order valence-corrected chi connectivity index (χ3v) is 2.62. The lowest BCUT2D eigenvalue weighted by atomic mass is 10.1. The van der Waals surface area contributed by atoms with Gasteiger partial charge in [-0.2, -0.15) is 0 Å². The van der Waals surface area contributed by atoms with Gasteiger partial charge in [-0.25, -0.2) is 0 Å². The maximum atomic E-state index is 10.3. The van der Waals surface area contributed by atoms with E-state index in [-0.39, 0.29) is 6.42 Å². The molecule has 0 amide bonds. The van der Waals surface area contributed by atoms with Crippen molar-refractivity contribution in [2.75, 3.05) is 0 Å². The van der Waals surface area contributed by atoms with Crippen LogP contribution in [-0.2, 0) is 11.2 Å². The number of hydrogen-bond acceptors (Lipinski definition) is 2. The molecule has 0 bridgehead atoms. The minimum Gasteiger partial charge on any atom is -0.481 e. The van der Waals surface area contributed by atoms with Gasteiger partial charge in [-0.05, 0) is 30.5 Å². The van der Waals surface area contributed by atoms with E-state index in [1.54, 1.807) is 0 Å². The van der Waals surface area contributed by atoms with Crippen LogP contribution in [0.3, 0.4) is 0 Å². The largest absolute Gasteiger partial charge is 0.481 e. The molecule has 0 spiro atoms. The Kier molecular flexibility index (Phi) is 4.78. The molecule has 0 saturated carbocycles. The van der Waals surface area contributed by atoms with E-state index < -0.39 is 12.1 Å². The smallest absolute Gasteiger partial charge is 0.305 e. The molecule has 0 fully saturated rings. The molecule has 0 aromatic heterocycles. The Labute approximate surface area is 96.9 Å². The number of benzene rings is 1. The molecule has 4 heteroatoms. The van der Waals surface area contributed by atoms with Crippen molar-refractivity contribution in [2.45, 2.75) is 25.4 Å². The summed E-state index contributed by atoms with van der Waals surface area (Å²) in [7, 11) is 0. The second-order valence-corrected chi connectivity index (χ2v) is 4.33. The van der Waals surface area contributed by atoms with E-state index >= 15 is 0 Å². The van der Waals surface area contributed by atoms with Gasteiger partial charge >= 0.3 is 5.97 Å². The summed E-state index contributed by atoms with van der Waals surface area (Å²) in [6.45, 7) is 0. The molecule has 0 saturated heterocycles. The van der Waals surface area contributed by atoms with Gasteiger partial charge in [0.15, 0.2) is 0 Å². The monoisotopic (exact) mass is 272 g/mol. The minimum absolute atomic E-state index is 0.184. The highest BCUT2D eigenvalue weighted by Crippen LogP contribution is 2.13. The predicted molar refractivity (Wildman–Crippen MR) is 60.7 cm³/mol. The van der Waals surface area contributed by atoms with E-state index in [4.69, 9.17) is 5.11 Å². The van der Waals surface area contributed by atoms with Crippen molar-refractivity contribution in [2.24, 2.45) is 0 Å². The summed E-state index contributed by atoms with van der Waals surface area (Å²) in [5.74, 6) is -0.960. The first-order valence-corrected chi connectivity index (χ1v) is 5.51. The average molecular weight is 273 g/mol. The molecule has 1 aromatic rings. The van der Waals surface area contributed by atoms with Crippen molar-refractivity contribution >= 4 is 21.9 Å². The zero-order valence-corrected chi connectivity index (χ0v) is 9.77. The predicted octanol–water partition coefficient (Wildman–Crippen LogP) is 2.22. The second-order valence-electron chi connectivity index (χ2n) is 3.42. The first kappa shape index (κ1) is 12.2. The number of carboxylic acids is 1. The Morgan fingerprint density at radius 2 is 1.93 bits per heavy atom. The molecule has 82 valence electrons. The summed E-state index contributed by atoms with van der Waals surface area (Å²) in [6.07, 6.45) is 0.234. The van der Waals surface area contributed by atoms with E-state index in [9.17, 15) is 9.90 Å². The Morgan fingerprint density at radius 3 is 2.47 bits per heavy atom. The fourth-order valence-corrected chi connectivity index (χ4v) is 1.55. The maximum absolute atomic E-state index is 10.3. The van der Waals surface area contributed by atoms with Crippen LogP contribution in [0.2, 0.25) is 0 Å².